The fraction of sp³-hybridized carbons (Fsp3) is 0.364. The first-order valence-electron chi connectivity index (χ1n) is 4.92. The maximum Gasteiger partial charge on any atom is 0.288 e. The Bertz CT molecular complexity index is 387. The van der Waals surface area contributed by atoms with Gasteiger partial charge in [-0.15, -0.1) is 0 Å². The number of ether oxygens (including phenoxy) is 1. The van der Waals surface area contributed by atoms with Gasteiger partial charge >= 0.3 is 0 Å². The standard InChI is InChI=1S/C11H13F2NO2S/c1-7(16-2)10(15)14-8-5-3-4-6-9(8)17-11(12)13/h3-7,11H,1-2H3,(H,14,15). The van der Waals surface area contributed by atoms with Gasteiger partial charge in [0, 0.05) is 12.0 Å². The average Bonchev–Trinajstić information content (AvgIpc) is 2.29. The summed E-state index contributed by atoms with van der Waals surface area (Å²) in [5.41, 5.74) is 0.367. The number of carbonyl (C=O) groups is 1. The summed E-state index contributed by atoms with van der Waals surface area (Å²) in [5, 5.41) is 2.55. The highest BCUT2D eigenvalue weighted by atomic mass is 32.2. The summed E-state index contributed by atoms with van der Waals surface area (Å²) < 4.78 is 29.4. The van der Waals surface area contributed by atoms with Crippen LogP contribution in [0.1, 0.15) is 6.92 Å². The Balaban J connectivity index is 2.79. The van der Waals surface area contributed by atoms with Crippen molar-refractivity contribution in [3.63, 3.8) is 0 Å². The minimum Gasteiger partial charge on any atom is -0.372 e. The Morgan fingerprint density at radius 2 is 2.06 bits per heavy atom. The summed E-state index contributed by atoms with van der Waals surface area (Å²) in [5.74, 6) is -2.89. The first kappa shape index (κ1) is 13.9. The molecule has 1 aromatic carbocycles. The number of hydrogen-bond donors (Lipinski definition) is 1. The van der Waals surface area contributed by atoms with Gasteiger partial charge in [0.05, 0.1) is 5.69 Å². The minimum atomic E-state index is -2.52. The van der Waals surface area contributed by atoms with Gasteiger partial charge in [0.25, 0.3) is 11.7 Å². The zero-order valence-corrected chi connectivity index (χ0v) is 10.3. The molecular weight excluding hydrogens is 248 g/mol. The molecule has 1 N–H and O–H groups in total. The fourth-order valence-electron chi connectivity index (χ4n) is 1.11. The molecule has 0 radical (unpaired) electrons. The molecule has 0 saturated heterocycles. The largest absolute Gasteiger partial charge is 0.372 e. The van der Waals surface area contributed by atoms with Gasteiger partial charge in [-0.2, -0.15) is 8.78 Å². The zero-order chi connectivity index (χ0) is 12.8. The number of thioether (sulfide) groups is 1. The first-order valence-corrected chi connectivity index (χ1v) is 5.80. The van der Waals surface area contributed by atoms with Crippen LogP contribution < -0.4 is 5.32 Å². The predicted octanol–water partition coefficient (Wildman–Crippen LogP) is 2.97. The SMILES string of the molecule is COC(C)C(=O)Nc1ccccc1SC(F)F. The van der Waals surface area contributed by atoms with Gasteiger partial charge in [-0.25, -0.2) is 0 Å². The van der Waals surface area contributed by atoms with E-state index in [1.165, 1.54) is 13.2 Å². The summed E-state index contributed by atoms with van der Waals surface area (Å²) in [6.07, 6.45) is -0.625. The van der Waals surface area contributed by atoms with E-state index in [4.69, 9.17) is 4.74 Å². The van der Waals surface area contributed by atoms with E-state index in [0.29, 0.717) is 22.3 Å². The molecule has 0 aliphatic rings. The summed E-state index contributed by atoms with van der Waals surface area (Å²) in [6, 6.07) is 6.41. The van der Waals surface area contributed by atoms with Crippen molar-refractivity contribution in [1.29, 1.82) is 0 Å². The molecule has 0 fully saturated rings. The smallest absolute Gasteiger partial charge is 0.288 e. The molecule has 3 nitrogen and oxygen atoms in total. The van der Waals surface area contributed by atoms with E-state index in [9.17, 15) is 13.6 Å². The molecule has 0 saturated carbocycles. The summed E-state index contributed by atoms with van der Waals surface area (Å²) >= 11 is 0.397. The third-order valence-corrected chi connectivity index (χ3v) is 2.87. The molecule has 0 bridgehead atoms. The van der Waals surface area contributed by atoms with E-state index in [1.807, 2.05) is 0 Å². The van der Waals surface area contributed by atoms with Crippen molar-refractivity contribution in [3.8, 4) is 0 Å². The highest BCUT2D eigenvalue weighted by Gasteiger charge is 2.15. The predicted molar refractivity (Wildman–Crippen MR) is 63.4 cm³/mol. The number of rotatable bonds is 5. The molecule has 94 valence electrons. The van der Waals surface area contributed by atoms with Crippen LogP contribution in [-0.2, 0) is 9.53 Å². The van der Waals surface area contributed by atoms with Crippen LogP contribution in [0.5, 0.6) is 0 Å². The number of alkyl halides is 2. The fourth-order valence-corrected chi connectivity index (χ4v) is 1.71. The number of amides is 1. The molecule has 0 aliphatic heterocycles. The summed E-state index contributed by atoms with van der Waals surface area (Å²) in [7, 11) is 1.41. The number of nitrogens with one attached hydrogen (secondary N) is 1. The monoisotopic (exact) mass is 261 g/mol. The number of carbonyl (C=O) groups excluding carboxylic acids is 1. The number of methoxy groups -OCH3 is 1. The van der Waals surface area contributed by atoms with E-state index in [-0.39, 0.29) is 5.91 Å². The molecule has 17 heavy (non-hydrogen) atoms. The van der Waals surface area contributed by atoms with Crippen LogP contribution in [0.3, 0.4) is 0 Å². The Hall–Kier alpha value is -1.14. The average molecular weight is 261 g/mol. The van der Waals surface area contributed by atoms with Crippen molar-refractivity contribution in [3.05, 3.63) is 24.3 Å². The number of anilines is 1. The van der Waals surface area contributed by atoms with Crippen LogP contribution in [0.2, 0.25) is 0 Å². The molecular formula is C11H13F2NO2S. The van der Waals surface area contributed by atoms with Gasteiger partial charge in [-0.05, 0) is 19.1 Å². The van der Waals surface area contributed by atoms with Crippen LogP contribution in [0.4, 0.5) is 14.5 Å². The molecule has 1 amide bonds. The second-order valence-corrected chi connectivity index (χ2v) is 4.27. The molecule has 6 heteroatoms. The summed E-state index contributed by atoms with van der Waals surface area (Å²) in [6.45, 7) is 1.58. The minimum absolute atomic E-state index is 0.333. The lowest BCUT2D eigenvalue weighted by Gasteiger charge is -2.13. The van der Waals surface area contributed by atoms with Crippen molar-refractivity contribution < 1.29 is 18.3 Å². The molecule has 1 aromatic rings. The molecule has 0 spiro atoms. The topological polar surface area (TPSA) is 38.3 Å². The van der Waals surface area contributed by atoms with Crippen molar-refractivity contribution >= 4 is 23.4 Å². The van der Waals surface area contributed by atoms with Crippen molar-refractivity contribution in [2.75, 3.05) is 12.4 Å². The molecule has 0 aromatic heterocycles. The van der Waals surface area contributed by atoms with Crippen molar-refractivity contribution in [2.45, 2.75) is 23.7 Å². The zero-order valence-electron chi connectivity index (χ0n) is 9.44. The number of benzene rings is 1. The second kappa shape index (κ2) is 6.56. The van der Waals surface area contributed by atoms with Gasteiger partial charge in [0.2, 0.25) is 0 Å². The third-order valence-electron chi connectivity index (χ3n) is 2.08. The molecule has 0 aliphatic carbocycles. The van der Waals surface area contributed by atoms with E-state index in [0.717, 1.165) is 0 Å². The first-order chi connectivity index (χ1) is 8.04. The number of para-hydroxylation sites is 1. The van der Waals surface area contributed by atoms with Crippen LogP contribution in [0.15, 0.2) is 29.2 Å². The maximum absolute atomic E-state index is 12.3. The van der Waals surface area contributed by atoms with Gasteiger partial charge in [0.15, 0.2) is 0 Å². The second-order valence-electron chi connectivity index (χ2n) is 3.24. The lowest BCUT2D eigenvalue weighted by atomic mass is 10.3. The number of halogens is 2. The molecule has 1 unspecified atom stereocenters. The highest BCUT2D eigenvalue weighted by molar-refractivity contribution is 7.99. The Kier molecular flexibility index (Phi) is 5.37. The van der Waals surface area contributed by atoms with E-state index in [2.05, 4.69) is 5.32 Å². The van der Waals surface area contributed by atoms with Crippen molar-refractivity contribution in [2.24, 2.45) is 0 Å². The van der Waals surface area contributed by atoms with Gasteiger partial charge < -0.3 is 10.1 Å². The highest BCUT2D eigenvalue weighted by Crippen LogP contribution is 2.31. The third kappa shape index (κ3) is 4.32. The van der Waals surface area contributed by atoms with Crippen LogP contribution >= 0.6 is 11.8 Å². The van der Waals surface area contributed by atoms with Gasteiger partial charge in [-0.1, -0.05) is 23.9 Å². The normalized spacial score (nSPS) is 12.5. The van der Waals surface area contributed by atoms with Gasteiger partial charge in [0.1, 0.15) is 6.10 Å². The van der Waals surface area contributed by atoms with Crippen LogP contribution in [0, 0.1) is 0 Å². The van der Waals surface area contributed by atoms with E-state index in [1.54, 1.807) is 25.1 Å². The Morgan fingerprint density at radius 3 is 2.65 bits per heavy atom. The maximum atomic E-state index is 12.3. The molecule has 1 rings (SSSR count). The molecule has 1 atom stereocenters. The number of hydrogen-bond acceptors (Lipinski definition) is 3. The van der Waals surface area contributed by atoms with Gasteiger partial charge in [-0.3, -0.25) is 4.79 Å². The quantitative estimate of drug-likeness (QED) is 0.828. The Labute approximate surface area is 103 Å². The lowest BCUT2D eigenvalue weighted by Crippen LogP contribution is -2.26. The van der Waals surface area contributed by atoms with E-state index >= 15 is 0 Å². The van der Waals surface area contributed by atoms with Crippen molar-refractivity contribution in [1.82, 2.24) is 0 Å². The van der Waals surface area contributed by atoms with E-state index < -0.39 is 11.9 Å². The van der Waals surface area contributed by atoms with Crippen LogP contribution in [-0.4, -0.2) is 24.9 Å². The lowest BCUT2D eigenvalue weighted by molar-refractivity contribution is -0.124. The summed E-state index contributed by atoms with van der Waals surface area (Å²) in [4.78, 5) is 11.9. The molecule has 0 heterocycles. The Morgan fingerprint density at radius 1 is 1.41 bits per heavy atom. The van der Waals surface area contributed by atoms with Crippen LogP contribution in [0.25, 0.3) is 0 Å².